The number of benzene rings is 1. The molecule has 0 spiro atoms. The van der Waals surface area contributed by atoms with Crippen molar-refractivity contribution in [3.8, 4) is 5.75 Å². The van der Waals surface area contributed by atoms with Gasteiger partial charge in [-0.3, -0.25) is 0 Å². The van der Waals surface area contributed by atoms with E-state index in [4.69, 9.17) is 10.5 Å². The molecule has 2 N–H and O–H groups in total. The largest absolute Gasteiger partial charge is 0.494 e. The third-order valence-corrected chi connectivity index (χ3v) is 6.02. The van der Waals surface area contributed by atoms with Crippen molar-refractivity contribution in [1.82, 2.24) is 0 Å². The Bertz CT molecular complexity index is 439. The summed E-state index contributed by atoms with van der Waals surface area (Å²) in [4.78, 5) is 0. The van der Waals surface area contributed by atoms with E-state index in [0.717, 1.165) is 47.6 Å². The SMILES string of the molecule is Nc1ccc(OCCC2C3CC4CC(C3)CC2C4)cc1. The van der Waals surface area contributed by atoms with Crippen molar-refractivity contribution in [2.75, 3.05) is 12.3 Å². The van der Waals surface area contributed by atoms with Gasteiger partial charge in [0, 0.05) is 5.69 Å². The van der Waals surface area contributed by atoms with E-state index >= 15 is 0 Å². The molecular weight excluding hydrogens is 246 g/mol. The van der Waals surface area contributed by atoms with Crippen molar-refractivity contribution in [3.63, 3.8) is 0 Å². The first-order valence-electron chi connectivity index (χ1n) is 8.26. The van der Waals surface area contributed by atoms with Gasteiger partial charge < -0.3 is 10.5 Å². The number of hydrogen-bond donors (Lipinski definition) is 1. The number of ether oxygens (including phenoxy) is 1. The predicted molar refractivity (Wildman–Crippen MR) is 81.5 cm³/mol. The van der Waals surface area contributed by atoms with Gasteiger partial charge in [-0.2, -0.15) is 0 Å². The maximum atomic E-state index is 5.91. The quantitative estimate of drug-likeness (QED) is 0.836. The average molecular weight is 271 g/mol. The van der Waals surface area contributed by atoms with Gasteiger partial charge in [0.25, 0.3) is 0 Å². The van der Waals surface area contributed by atoms with Crippen LogP contribution in [0.15, 0.2) is 24.3 Å². The van der Waals surface area contributed by atoms with E-state index in [-0.39, 0.29) is 0 Å². The Labute approximate surface area is 121 Å². The molecule has 4 aliphatic carbocycles. The van der Waals surface area contributed by atoms with Gasteiger partial charge in [-0.1, -0.05) is 0 Å². The van der Waals surface area contributed by atoms with Gasteiger partial charge in [0.05, 0.1) is 6.61 Å². The zero-order chi connectivity index (χ0) is 13.5. The van der Waals surface area contributed by atoms with Crippen LogP contribution in [0.3, 0.4) is 0 Å². The fourth-order valence-electron chi connectivity index (χ4n) is 5.39. The summed E-state index contributed by atoms with van der Waals surface area (Å²) < 4.78 is 5.91. The van der Waals surface area contributed by atoms with Crippen LogP contribution in [-0.4, -0.2) is 6.61 Å². The van der Waals surface area contributed by atoms with Crippen molar-refractivity contribution in [2.24, 2.45) is 29.6 Å². The van der Waals surface area contributed by atoms with Gasteiger partial charge in [0.2, 0.25) is 0 Å². The van der Waals surface area contributed by atoms with Gasteiger partial charge in [-0.25, -0.2) is 0 Å². The van der Waals surface area contributed by atoms with Crippen molar-refractivity contribution >= 4 is 5.69 Å². The molecule has 0 heterocycles. The molecule has 4 saturated carbocycles. The lowest BCUT2D eigenvalue weighted by Gasteiger charge is -2.54. The Kier molecular flexibility index (Phi) is 3.13. The minimum Gasteiger partial charge on any atom is -0.494 e. The summed E-state index contributed by atoms with van der Waals surface area (Å²) in [5.74, 6) is 6.08. The Morgan fingerprint density at radius 1 is 0.900 bits per heavy atom. The van der Waals surface area contributed by atoms with Gasteiger partial charge in [-0.05, 0) is 92.4 Å². The standard InChI is InChI=1S/C18H25NO/c19-16-1-3-17(4-2-16)20-6-5-18-14-8-12-7-13(10-14)11-15(18)9-12/h1-4,12-15,18H,5-11,19H2. The average Bonchev–Trinajstić information content (AvgIpc) is 2.43. The Hall–Kier alpha value is -1.18. The molecule has 108 valence electrons. The second-order valence-electron chi connectivity index (χ2n) is 7.30. The lowest BCUT2D eigenvalue weighted by molar-refractivity contribution is -0.0435. The third-order valence-electron chi connectivity index (χ3n) is 6.02. The predicted octanol–water partition coefficient (Wildman–Crippen LogP) is 4.11. The highest BCUT2D eigenvalue weighted by Crippen LogP contribution is 2.57. The molecule has 0 radical (unpaired) electrons. The number of nitrogens with two attached hydrogens (primary N) is 1. The van der Waals surface area contributed by atoms with E-state index in [9.17, 15) is 0 Å². The highest BCUT2D eigenvalue weighted by Gasteiger charge is 2.47. The fourth-order valence-corrected chi connectivity index (χ4v) is 5.39. The number of hydrogen-bond acceptors (Lipinski definition) is 2. The van der Waals surface area contributed by atoms with E-state index in [0.29, 0.717) is 0 Å². The molecule has 2 heteroatoms. The summed E-state index contributed by atoms with van der Waals surface area (Å²) in [6.45, 7) is 0.872. The summed E-state index contributed by atoms with van der Waals surface area (Å²) in [7, 11) is 0. The maximum absolute atomic E-state index is 5.91. The molecule has 1 aromatic carbocycles. The van der Waals surface area contributed by atoms with Crippen LogP contribution < -0.4 is 10.5 Å². The molecular formula is C18H25NO. The third kappa shape index (κ3) is 2.30. The Morgan fingerprint density at radius 3 is 2.10 bits per heavy atom. The van der Waals surface area contributed by atoms with Gasteiger partial charge in [0.15, 0.2) is 0 Å². The van der Waals surface area contributed by atoms with Crippen LogP contribution in [0.1, 0.15) is 38.5 Å². The molecule has 0 aliphatic heterocycles. The lowest BCUT2D eigenvalue weighted by atomic mass is 9.51. The smallest absolute Gasteiger partial charge is 0.119 e. The minimum absolute atomic E-state index is 0.804. The first kappa shape index (κ1) is 12.6. The van der Waals surface area contributed by atoms with Gasteiger partial charge in [0.1, 0.15) is 5.75 Å². The summed E-state index contributed by atoms with van der Waals surface area (Å²) in [5.41, 5.74) is 6.50. The summed E-state index contributed by atoms with van der Waals surface area (Å²) in [6, 6.07) is 7.79. The summed E-state index contributed by atoms with van der Waals surface area (Å²) >= 11 is 0. The molecule has 0 amide bonds. The summed E-state index contributed by atoms with van der Waals surface area (Å²) in [6.07, 6.45) is 8.85. The van der Waals surface area contributed by atoms with E-state index in [1.54, 1.807) is 6.42 Å². The number of rotatable bonds is 4. The molecule has 2 nitrogen and oxygen atoms in total. The van der Waals surface area contributed by atoms with Crippen LogP contribution in [0.25, 0.3) is 0 Å². The molecule has 0 unspecified atom stereocenters. The number of nitrogen functional groups attached to an aromatic ring is 1. The monoisotopic (exact) mass is 271 g/mol. The molecule has 0 saturated heterocycles. The second-order valence-corrected chi connectivity index (χ2v) is 7.30. The molecule has 20 heavy (non-hydrogen) atoms. The fraction of sp³-hybridized carbons (Fsp3) is 0.667. The Morgan fingerprint density at radius 2 is 1.50 bits per heavy atom. The minimum atomic E-state index is 0.804. The van der Waals surface area contributed by atoms with Crippen LogP contribution in [0.2, 0.25) is 0 Å². The highest BCUT2D eigenvalue weighted by atomic mass is 16.5. The molecule has 1 aromatic rings. The van der Waals surface area contributed by atoms with Crippen LogP contribution in [0.5, 0.6) is 5.75 Å². The van der Waals surface area contributed by atoms with Gasteiger partial charge in [-0.15, -0.1) is 0 Å². The van der Waals surface area contributed by atoms with Crippen LogP contribution in [-0.2, 0) is 0 Å². The van der Waals surface area contributed by atoms with Crippen molar-refractivity contribution in [1.29, 1.82) is 0 Å². The van der Waals surface area contributed by atoms with Crippen LogP contribution in [0.4, 0.5) is 5.69 Å². The summed E-state index contributed by atoms with van der Waals surface area (Å²) in [5, 5.41) is 0. The van der Waals surface area contributed by atoms with E-state index in [1.807, 2.05) is 24.3 Å². The molecule has 0 atom stereocenters. The van der Waals surface area contributed by atoms with Crippen molar-refractivity contribution < 1.29 is 4.74 Å². The zero-order valence-electron chi connectivity index (χ0n) is 12.1. The normalized spacial score (nSPS) is 38.1. The van der Waals surface area contributed by atoms with Crippen molar-refractivity contribution in [3.05, 3.63) is 24.3 Å². The lowest BCUT2D eigenvalue weighted by Crippen LogP contribution is -2.45. The Balaban J connectivity index is 1.32. The van der Waals surface area contributed by atoms with E-state index in [1.165, 1.54) is 32.1 Å². The van der Waals surface area contributed by atoms with Gasteiger partial charge >= 0.3 is 0 Å². The van der Waals surface area contributed by atoms with E-state index < -0.39 is 0 Å². The van der Waals surface area contributed by atoms with E-state index in [2.05, 4.69) is 0 Å². The van der Waals surface area contributed by atoms with Crippen LogP contribution in [0, 0.1) is 29.6 Å². The van der Waals surface area contributed by atoms with Crippen LogP contribution >= 0.6 is 0 Å². The van der Waals surface area contributed by atoms with Crippen molar-refractivity contribution in [2.45, 2.75) is 38.5 Å². The molecule has 4 fully saturated rings. The molecule has 4 bridgehead atoms. The topological polar surface area (TPSA) is 35.2 Å². The second kappa shape index (κ2) is 4.98. The maximum Gasteiger partial charge on any atom is 0.119 e. The molecule has 5 rings (SSSR count). The highest BCUT2D eigenvalue weighted by molar-refractivity contribution is 5.41. The molecule has 0 aromatic heterocycles. The molecule has 4 aliphatic rings. The first-order chi connectivity index (χ1) is 9.78. The first-order valence-corrected chi connectivity index (χ1v) is 8.26. The zero-order valence-corrected chi connectivity index (χ0v) is 12.1. The number of anilines is 1.